The van der Waals surface area contributed by atoms with E-state index in [4.69, 9.17) is 27.9 Å². The van der Waals surface area contributed by atoms with Gasteiger partial charge in [-0.3, -0.25) is 15.0 Å². The van der Waals surface area contributed by atoms with E-state index < -0.39 is 23.2 Å². The molecule has 3 atom stereocenters. The summed E-state index contributed by atoms with van der Waals surface area (Å²) in [6.45, 7) is 4.00. The SMILES string of the molecule is C=CC1=CCC2C(=O)N(Nc3ccc(Cl)cc3Cl)C(=O)C2(c2ccc(OC)cc2)C1c1ccc(O)cc1. The van der Waals surface area contributed by atoms with Gasteiger partial charge in [0.2, 0.25) is 0 Å². The van der Waals surface area contributed by atoms with Gasteiger partial charge in [0.15, 0.2) is 0 Å². The number of amides is 2. The number of rotatable bonds is 6. The summed E-state index contributed by atoms with van der Waals surface area (Å²) in [6, 6.07) is 18.7. The Kier molecular flexibility index (Phi) is 6.48. The molecule has 1 saturated heterocycles. The number of allylic oxidation sites excluding steroid dienone is 3. The number of aromatic hydroxyl groups is 1. The fourth-order valence-corrected chi connectivity index (χ4v) is 5.97. The van der Waals surface area contributed by atoms with E-state index in [1.54, 1.807) is 67.8 Å². The van der Waals surface area contributed by atoms with Crippen LogP contribution in [-0.4, -0.2) is 29.0 Å². The topological polar surface area (TPSA) is 78.9 Å². The minimum atomic E-state index is -1.29. The average molecular weight is 535 g/mol. The molecule has 2 aliphatic rings. The van der Waals surface area contributed by atoms with Gasteiger partial charge in [-0.25, -0.2) is 0 Å². The Morgan fingerprint density at radius 2 is 1.78 bits per heavy atom. The molecule has 188 valence electrons. The van der Waals surface area contributed by atoms with Crippen LogP contribution in [0.25, 0.3) is 0 Å². The van der Waals surface area contributed by atoms with Crippen LogP contribution in [0.4, 0.5) is 5.69 Å². The van der Waals surface area contributed by atoms with Gasteiger partial charge in [0.25, 0.3) is 11.8 Å². The predicted octanol–water partition coefficient (Wildman–Crippen LogP) is 6.26. The molecule has 6 nitrogen and oxygen atoms in total. The first-order valence-electron chi connectivity index (χ1n) is 11.7. The molecular weight excluding hydrogens is 511 g/mol. The molecule has 5 rings (SSSR count). The molecule has 0 spiro atoms. The van der Waals surface area contributed by atoms with Gasteiger partial charge in [-0.1, -0.05) is 66.2 Å². The third kappa shape index (κ3) is 3.97. The molecule has 1 heterocycles. The number of nitrogens with one attached hydrogen (secondary N) is 1. The van der Waals surface area contributed by atoms with Crippen molar-refractivity contribution in [3.8, 4) is 11.5 Å². The molecule has 0 saturated carbocycles. The summed E-state index contributed by atoms with van der Waals surface area (Å²) in [6.07, 6.45) is 4.03. The maximum absolute atomic E-state index is 14.6. The number of anilines is 1. The number of carbonyl (C=O) groups is 2. The lowest BCUT2D eigenvalue weighted by molar-refractivity contribution is -0.138. The predicted molar refractivity (Wildman–Crippen MR) is 144 cm³/mol. The number of carbonyl (C=O) groups excluding carboxylic acids is 2. The van der Waals surface area contributed by atoms with Gasteiger partial charge in [0, 0.05) is 10.9 Å². The smallest absolute Gasteiger partial charge is 0.260 e. The zero-order valence-electron chi connectivity index (χ0n) is 19.9. The molecule has 1 aliphatic carbocycles. The number of imide groups is 1. The van der Waals surface area contributed by atoms with Crippen molar-refractivity contribution in [1.82, 2.24) is 5.01 Å². The summed E-state index contributed by atoms with van der Waals surface area (Å²) in [7, 11) is 1.57. The number of hydrogen-bond donors (Lipinski definition) is 2. The monoisotopic (exact) mass is 534 g/mol. The van der Waals surface area contributed by atoms with Crippen LogP contribution in [0.3, 0.4) is 0 Å². The Morgan fingerprint density at radius 3 is 2.41 bits per heavy atom. The van der Waals surface area contributed by atoms with Crippen molar-refractivity contribution in [2.24, 2.45) is 5.92 Å². The zero-order valence-corrected chi connectivity index (χ0v) is 21.5. The van der Waals surface area contributed by atoms with Crippen LogP contribution >= 0.6 is 23.2 Å². The number of benzene rings is 3. The lowest BCUT2D eigenvalue weighted by atomic mass is 9.56. The molecular formula is C29H24Cl2N2O4. The van der Waals surface area contributed by atoms with Gasteiger partial charge in [-0.2, -0.15) is 5.01 Å². The third-order valence-electron chi connectivity index (χ3n) is 7.20. The zero-order chi connectivity index (χ0) is 26.3. The van der Waals surface area contributed by atoms with Crippen LogP contribution < -0.4 is 10.2 Å². The number of halogens is 2. The Bertz CT molecular complexity index is 1420. The molecule has 3 aromatic carbocycles. The number of phenols is 1. The highest BCUT2D eigenvalue weighted by Crippen LogP contribution is 2.57. The molecule has 1 aliphatic heterocycles. The van der Waals surface area contributed by atoms with Crippen molar-refractivity contribution in [3.63, 3.8) is 0 Å². The van der Waals surface area contributed by atoms with E-state index in [2.05, 4.69) is 12.0 Å². The molecule has 2 amide bonds. The molecule has 0 aromatic heterocycles. The van der Waals surface area contributed by atoms with Crippen LogP contribution in [-0.2, 0) is 15.0 Å². The number of phenolic OH excluding ortho intramolecular Hbond substituents is 1. The van der Waals surface area contributed by atoms with Gasteiger partial charge < -0.3 is 9.84 Å². The summed E-state index contributed by atoms with van der Waals surface area (Å²) >= 11 is 12.4. The van der Waals surface area contributed by atoms with Crippen molar-refractivity contribution in [2.45, 2.75) is 17.8 Å². The number of hydrazine groups is 1. The Morgan fingerprint density at radius 1 is 1.08 bits per heavy atom. The first-order chi connectivity index (χ1) is 17.8. The second kappa shape index (κ2) is 9.61. The molecule has 2 N–H and O–H groups in total. The Labute approximate surface area is 224 Å². The Balaban J connectivity index is 1.72. The standard InChI is InChI=1S/C29H24Cl2N2O4/c1-3-17-6-14-23-27(35)33(32-25-15-9-20(30)16-24(25)31)28(36)29(23,19-7-12-22(37-2)13-8-19)26(17)18-4-10-21(34)11-5-18/h3-13,15-16,23,26,32,34H,1,14H2,2H3. The summed E-state index contributed by atoms with van der Waals surface area (Å²) in [4.78, 5) is 28.5. The number of nitrogens with zero attached hydrogens (tertiary/aromatic N) is 1. The van der Waals surface area contributed by atoms with Gasteiger partial charge in [-0.05, 0) is 65.6 Å². The van der Waals surface area contributed by atoms with Crippen LogP contribution in [0.2, 0.25) is 10.0 Å². The van der Waals surface area contributed by atoms with E-state index in [1.165, 1.54) is 0 Å². The molecule has 0 bridgehead atoms. The maximum Gasteiger partial charge on any atom is 0.260 e. The van der Waals surface area contributed by atoms with E-state index in [1.807, 2.05) is 18.2 Å². The van der Waals surface area contributed by atoms with Gasteiger partial charge in [0.1, 0.15) is 11.5 Å². The summed E-state index contributed by atoms with van der Waals surface area (Å²) in [5.41, 5.74) is 4.32. The minimum absolute atomic E-state index is 0.105. The van der Waals surface area contributed by atoms with E-state index >= 15 is 0 Å². The van der Waals surface area contributed by atoms with Gasteiger partial charge >= 0.3 is 0 Å². The van der Waals surface area contributed by atoms with E-state index in [0.29, 0.717) is 28.4 Å². The first kappa shape index (κ1) is 24.9. The molecule has 3 aromatic rings. The lowest BCUT2D eigenvalue weighted by Crippen LogP contribution is -2.48. The number of ether oxygens (including phenoxy) is 1. The summed E-state index contributed by atoms with van der Waals surface area (Å²) in [5, 5.41) is 11.7. The Hall–Kier alpha value is -3.74. The normalized spacial score (nSPS) is 22.9. The van der Waals surface area contributed by atoms with Crippen LogP contribution in [0, 0.1) is 5.92 Å². The molecule has 0 radical (unpaired) electrons. The molecule has 1 fully saturated rings. The molecule has 3 unspecified atom stereocenters. The quantitative estimate of drug-likeness (QED) is 0.365. The van der Waals surface area contributed by atoms with Crippen molar-refractivity contribution >= 4 is 40.7 Å². The largest absolute Gasteiger partial charge is 0.508 e. The van der Waals surface area contributed by atoms with Gasteiger partial charge in [-0.15, -0.1) is 0 Å². The van der Waals surface area contributed by atoms with Crippen molar-refractivity contribution in [2.75, 3.05) is 12.5 Å². The fourth-order valence-electron chi connectivity index (χ4n) is 5.52. The highest BCUT2D eigenvalue weighted by Gasteiger charge is 2.65. The van der Waals surface area contributed by atoms with Crippen LogP contribution in [0.5, 0.6) is 11.5 Å². The van der Waals surface area contributed by atoms with E-state index in [0.717, 1.165) is 16.1 Å². The van der Waals surface area contributed by atoms with Gasteiger partial charge in [0.05, 0.1) is 29.2 Å². The number of methoxy groups -OCH3 is 1. The number of fused-ring (bicyclic) bond motifs is 1. The summed E-state index contributed by atoms with van der Waals surface area (Å²) < 4.78 is 5.35. The molecule has 8 heteroatoms. The summed E-state index contributed by atoms with van der Waals surface area (Å²) in [5.74, 6) is -1.28. The van der Waals surface area contributed by atoms with Crippen LogP contribution in [0.1, 0.15) is 23.5 Å². The fraction of sp³-hybridized carbons (Fsp3) is 0.172. The van der Waals surface area contributed by atoms with E-state index in [-0.39, 0.29) is 16.7 Å². The molecule has 37 heavy (non-hydrogen) atoms. The highest BCUT2D eigenvalue weighted by atomic mass is 35.5. The van der Waals surface area contributed by atoms with Crippen LogP contribution in [0.15, 0.2) is 91.0 Å². The second-order valence-electron chi connectivity index (χ2n) is 9.03. The van der Waals surface area contributed by atoms with E-state index in [9.17, 15) is 14.7 Å². The first-order valence-corrected chi connectivity index (χ1v) is 12.4. The van der Waals surface area contributed by atoms with Crippen molar-refractivity contribution in [1.29, 1.82) is 0 Å². The number of hydrogen-bond acceptors (Lipinski definition) is 5. The average Bonchev–Trinajstić information content (AvgIpc) is 3.12. The maximum atomic E-state index is 14.6. The van der Waals surface area contributed by atoms with Crippen molar-refractivity contribution < 1.29 is 19.4 Å². The van der Waals surface area contributed by atoms with Crippen molar-refractivity contribution in [3.05, 3.63) is 112 Å². The highest BCUT2D eigenvalue weighted by molar-refractivity contribution is 6.36. The minimum Gasteiger partial charge on any atom is -0.508 e. The second-order valence-corrected chi connectivity index (χ2v) is 9.88. The lowest BCUT2D eigenvalue weighted by Gasteiger charge is -2.43. The third-order valence-corrected chi connectivity index (χ3v) is 7.74.